The van der Waals surface area contributed by atoms with Crippen molar-refractivity contribution in [1.29, 1.82) is 0 Å². The molecule has 1 aromatic carbocycles. The second-order valence-corrected chi connectivity index (χ2v) is 3.56. The summed E-state index contributed by atoms with van der Waals surface area (Å²) in [4.78, 5) is 22.1. The van der Waals surface area contributed by atoms with Gasteiger partial charge in [0.25, 0.3) is 0 Å². The summed E-state index contributed by atoms with van der Waals surface area (Å²) in [5.41, 5.74) is 6.06. The second kappa shape index (κ2) is 6.52. The van der Waals surface area contributed by atoms with E-state index in [-0.39, 0.29) is 0 Å². The number of carbonyl (C=O) groups excluding carboxylic acids is 2. The molecule has 0 aromatic heterocycles. The van der Waals surface area contributed by atoms with E-state index in [4.69, 9.17) is 10.5 Å². The molecule has 0 saturated carbocycles. The van der Waals surface area contributed by atoms with Crippen LogP contribution in [0, 0.1) is 0 Å². The van der Waals surface area contributed by atoms with Crippen molar-refractivity contribution < 1.29 is 14.3 Å². The van der Waals surface area contributed by atoms with Crippen molar-refractivity contribution in [2.75, 3.05) is 11.9 Å². The zero-order valence-electron chi connectivity index (χ0n) is 9.73. The minimum Gasteiger partial charge on any atom is -0.449 e. The van der Waals surface area contributed by atoms with Crippen LogP contribution < -0.4 is 11.1 Å². The average molecular weight is 236 g/mol. The van der Waals surface area contributed by atoms with Crippen molar-refractivity contribution in [3.05, 3.63) is 29.8 Å². The van der Waals surface area contributed by atoms with Gasteiger partial charge in [0.15, 0.2) is 0 Å². The molecule has 1 aromatic rings. The summed E-state index contributed by atoms with van der Waals surface area (Å²) >= 11 is 0. The number of nitrogens with two attached hydrogens (primary N) is 1. The minimum absolute atomic E-state index is 0.398. The minimum atomic E-state index is -0.498. The molecule has 0 fully saturated rings. The van der Waals surface area contributed by atoms with E-state index in [1.165, 1.54) is 0 Å². The van der Waals surface area contributed by atoms with Crippen molar-refractivity contribution in [3.8, 4) is 0 Å². The molecule has 5 heteroatoms. The molecule has 17 heavy (non-hydrogen) atoms. The fourth-order valence-corrected chi connectivity index (χ4v) is 1.18. The van der Waals surface area contributed by atoms with Crippen LogP contribution in [0.15, 0.2) is 24.3 Å². The van der Waals surface area contributed by atoms with Gasteiger partial charge >= 0.3 is 6.09 Å². The van der Waals surface area contributed by atoms with Gasteiger partial charge in [-0.15, -0.1) is 0 Å². The highest BCUT2D eigenvalue weighted by atomic mass is 16.5. The van der Waals surface area contributed by atoms with Gasteiger partial charge in [-0.1, -0.05) is 13.3 Å². The van der Waals surface area contributed by atoms with E-state index in [0.29, 0.717) is 17.9 Å². The summed E-state index contributed by atoms with van der Waals surface area (Å²) in [6, 6.07) is 6.29. The van der Waals surface area contributed by atoms with Crippen LogP contribution in [0.3, 0.4) is 0 Å². The van der Waals surface area contributed by atoms with Gasteiger partial charge in [-0.2, -0.15) is 0 Å². The SMILES string of the molecule is CCCCOC(=O)Nc1ccc(C(N)=O)cc1. The molecular weight excluding hydrogens is 220 g/mol. The Morgan fingerprint density at radius 3 is 2.47 bits per heavy atom. The first kappa shape index (κ1) is 13.0. The van der Waals surface area contributed by atoms with E-state index in [0.717, 1.165) is 12.8 Å². The lowest BCUT2D eigenvalue weighted by Crippen LogP contribution is -2.15. The van der Waals surface area contributed by atoms with E-state index in [1.807, 2.05) is 6.92 Å². The summed E-state index contributed by atoms with van der Waals surface area (Å²) < 4.78 is 4.92. The maximum atomic E-state index is 11.3. The Hall–Kier alpha value is -2.04. The Labute approximate surface area is 99.9 Å². The van der Waals surface area contributed by atoms with Crippen molar-refractivity contribution in [2.24, 2.45) is 5.73 Å². The Morgan fingerprint density at radius 1 is 1.29 bits per heavy atom. The third-order valence-electron chi connectivity index (χ3n) is 2.15. The molecule has 0 atom stereocenters. The number of benzene rings is 1. The van der Waals surface area contributed by atoms with Crippen LogP contribution in [0.5, 0.6) is 0 Å². The molecule has 2 amide bonds. The number of anilines is 1. The molecule has 0 heterocycles. The van der Waals surface area contributed by atoms with E-state index in [1.54, 1.807) is 24.3 Å². The lowest BCUT2D eigenvalue weighted by molar-refractivity contribution is 0.100. The standard InChI is InChI=1S/C12H16N2O3/c1-2-3-8-17-12(16)14-10-6-4-9(5-7-10)11(13)15/h4-7H,2-3,8H2,1H3,(H2,13,15)(H,14,16). The third kappa shape index (κ3) is 4.55. The van der Waals surface area contributed by atoms with Crippen LogP contribution in [0.2, 0.25) is 0 Å². The Morgan fingerprint density at radius 2 is 1.94 bits per heavy atom. The topological polar surface area (TPSA) is 81.4 Å². The molecule has 3 N–H and O–H groups in total. The number of carbonyl (C=O) groups is 2. The molecule has 0 bridgehead atoms. The summed E-state index contributed by atoms with van der Waals surface area (Å²) in [5.74, 6) is -0.498. The Kier molecular flexibility index (Phi) is 5.00. The molecule has 0 aliphatic rings. The highest BCUT2D eigenvalue weighted by Gasteiger charge is 2.04. The number of unbranched alkanes of at least 4 members (excludes halogenated alkanes) is 1. The molecule has 92 valence electrons. The van der Waals surface area contributed by atoms with Crippen LogP contribution in [0.4, 0.5) is 10.5 Å². The fraction of sp³-hybridized carbons (Fsp3) is 0.333. The number of nitrogens with one attached hydrogen (secondary N) is 1. The summed E-state index contributed by atoms with van der Waals surface area (Å²) in [6.45, 7) is 2.42. The van der Waals surface area contributed by atoms with Crippen molar-refractivity contribution in [3.63, 3.8) is 0 Å². The highest BCUT2D eigenvalue weighted by molar-refractivity contribution is 5.93. The molecule has 0 aliphatic carbocycles. The first-order valence-electron chi connectivity index (χ1n) is 5.47. The Bertz CT molecular complexity index is 387. The zero-order chi connectivity index (χ0) is 12.7. The predicted molar refractivity (Wildman–Crippen MR) is 64.8 cm³/mol. The molecule has 0 aliphatic heterocycles. The monoisotopic (exact) mass is 236 g/mol. The van der Waals surface area contributed by atoms with Crippen LogP contribution >= 0.6 is 0 Å². The van der Waals surface area contributed by atoms with Gasteiger partial charge in [0.1, 0.15) is 0 Å². The number of amides is 2. The van der Waals surface area contributed by atoms with Gasteiger partial charge in [-0.3, -0.25) is 10.1 Å². The van der Waals surface area contributed by atoms with Crippen LogP contribution in [0.25, 0.3) is 0 Å². The van der Waals surface area contributed by atoms with E-state index >= 15 is 0 Å². The number of hydrogen-bond donors (Lipinski definition) is 2. The lowest BCUT2D eigenvalue weighted by Gasteiger charge is -2.06. The molecule has 0 saturated heterocycles. The quantitative estimate of drug-likeness (QED) is 0.768. The normalized spacial score (nSPS) is 9.71. The van der Waals surface area contributed by atoms with Crippen molar-refractivity contribution in [1.82, 2.24) is 0 Å². The average Bonchev–Trinajstić information content (AvgIpc) is 2.30. The third-order valence-corrected chi connectivity index (χ3v) is 2.15. The molecule has 0 spiro atoms. The van der Waals surface area contributed by atoms with Crippen molar-refractivity contribution in [2.45, 2.75) is 19.8 Å². The summed E-state index contributed by atoms with van der Waals surface area (Å²) in [5, 5.41) is 2.55. The molecule has 0 radical (unpaired) electrons. The van der Waals surface area contributed by atoms with Gasteiger partial charge in [-0.05, 0) is 30.7 Å². The van der Waals surface area contributed by atoms with Crippen LogP contribution in [0.1, 0.15) is 30.1 Å². The molecular formula is C12H16N2O3. The Balaban J connectivity index is 2.46. The van der Waals surface area contributed by atoms with Crippen LogP contribution in [-0.2, 0) is 4.74 Å². The molecule has 0 unspecified atom stereocenters. The number of rotatable bonds is 5. The first-order chi connectivity index (χ1) is 8.13. The van der Waals surface area contributed by atoms with Gasteiger partial charge in [0.05, 0.1) is 6.61 Å². The van der Waals surface area contributed by atoms with Gasteiger partial charge < -0.3 is 10.5 Å². The maximum Gasteiger partial charge on any atom is 0.411 e. The summed E-state index contributed by atoms with van der Waals surface area (Å²) in [6.07, 6.45) is 1.32. The van der Waals surface area contributed by atoms with E-state index in [9.17, 15) is 9.59 Å². The van der Waals surface area contributed by atoms with Crippen molar-refractivity contribution >= 4 is 17.7 Å². The number of hydrogen-bond acceptors (Lipinski definition) is 3. The maximum absolute atomic E-state index is 11.3. The fourth-order valence-electron chi connectivity index (χ4n) is 1.18. The van der Waals surface area contributed by atoms with E-state index < -0.39 is 12.0 Å². The van der Waals surface area contributed by atoms with Gasteiger partial charge in [0, 0.05) is 11.3 Å². The second-order valence-electron chi connectivity index (χ2n) is 3.56. The molecule has 5 nitrogen and oxygen atoms in total. The van der Waals surface area contributed by atoms with Gasteiger partial charge in [-0.25, -0.2) is 4.79 Å². The number of ether oxygens (including phenoxy) is 1. The van der Waals surface area contributed by atoms with Gasteiger partial charge in [0.2, 0.25) is 5.91 Å². The predicted octanol–water partition coefficient (Wildman–Crippen LogP) is 2.13. The lowest BCUT2D eigenvalue weighted by atomic mass is 10.2. The van der Waals surface area contributed by atoms with E-state index in [2.05, 4.69) is 5.32 Å². The molecule has 1 rings (SSSR count). The largest absolute Gasteiger partial charge is 0.449 e. The summed E-state index contributed by atoms with van der Waals surface area (Å²) in [7, 11) is 0. The van der Waals surface area contributed by atoms with Crippen LogP contribution in [-0.4, -0.2) is 18.6 Å². The zero-order valence-corrected chi connectivity index (χ0v) is 9.73. The number of primary amides is 1. The first-order valence-corrected chi connectivity index (χ1v) is 5.47. The smallest absolute Gasteiger partial charge is 0.411 e. The highest BCUT2D eigenvalue weighted by Crippen LogP contribution is 2.09.